The number of methoxy groups -OCH3 is 1. The van der Waals surface area contributed by atoms with E-state index in [2.05, 4.69) is 16.6 Å². The van der Waals surface area contributed by atoms with Gasteiger partial charge in [0.05, 0.1) is 20.1 Å². The highest BCUT2D eigenvalue weighted by Gasteiger charge is 2.04. The molecule has 0 aliphatic heterocycles. The Balaban J connectivity index is 2.49. The van der Waals surface area contributed by atoms with E-state index in [1.54, 1.807) is 11.8 Å². The smallest absolute Gasteiger partial charge is 0.306 e. The number of carbonyl (C=O) groups is 1. The summed E-state index contributed by atoms with van der Waals surface area (Å²) in [5.41, 5.74) is 1.11. The van der Waals surface area contributed by atoms with Gasteiger partial charge in [-0.2, -0.15) is 0 Å². The number of aliphatic hydroxyl groups is 1. The summed E-state index contributed by atoms with van der Waals surface area (Å²) in [6.45, 7) is 3.73. The van der Waals surface area contributed by atoms with Gasteiger partial charge in [0, 0.05) is 29.4 Å². The van der Waals surface area contributed by atoms with Crippen molar-refractivity contribution in [3.05, 3.63) is 24.3 Å². The Bertz CT molecular complexity index is 381. The lowest BCUT2D eigenvalue weighted by Crippen LogP contribution is -2.25. The lowest BCUT2D eigenvalue weighted by atomic mass is 10.3. The Morgan fingerprint density at radius 2 is 2.05 bits per heavy atom. The van der Waals surface area contributed by atoms with Crippen molar-refractivity contribution in [2.24, 2.45) is 0 Å². The summed E-state index contributed by atoms with van der Waals surface area (Å²) in [6, 6.07) is 8.16. The van der Waals surface area contributed by atoms with Gasteiger partial charge in [0.25, 0.3) is 0 Å². The largest absolute Gasteiger partial charge is 0.469 e. The van der Waals surface area contributed by atoms with Crippen molar-refractivity contribution in [2.75, 3.05) is 37.5 Å². The molecule has 106 valence electrons. The van der Waals surface area contributed by atoms with Crippen LogP contribution in [0.4, 0.5) is 5.69 Å². The minimum absolute atomic E-state index is 0.156. The number of hydrogen-bond donors (Lipinski definition) is 1. The number of aliphatic hydroxyl groups excluding tert-OH is 1. The van der Waals surface area contributed by atoms with E-state index in [0.29, 0.717) is 13.0 Å². The fraction of sp³-hybridized carbons (Fsp3) is 0.500. The second-order valence-corrected chi connectivity index (χ2v) is 5.14. The summed E-state index contributed by atoms with van der Waals surface area (Å²) < 4.78 is 4.60. The molecule has 0 saturated heterocycles. The van der Waals surface area contributed by atoms with E-state index in [4.69, 9.17) is 5.11 Å². The van der Waals surface area contributed by atoms with Gasteiger partial charge in [0.1, 0.15) is 0 Å². The lowest BCUT2D eigenvalue weighted by Gasteiger charge is -2.22. The zero-order valence-corrected chi connectivity index (χ0v) is 12.3. The van der Waals surface area contributed by atoms with Crippen LogP contribution >= 0.6 is 11.8 Å². The molecule has 0 radical (unpaired) electrons. The summed E-state index contributed by atoms with van der Waals surface area (Å²) in [4.78, 5) is 14.2. The Morgan fingerprint density at radius 3 is 2.58 bits per heavy atom. The van der Waals surface area contributed by atoms with Crippen molar-refractivity contribution in [1.82, 2.24) is 0 Å². The normalized spacial score (nSPS) is 10.3. The van der Waals surface area contributed by atoms with Crippen molar-refractivity contribution in [2.45, 2.75) is 18.2 Å². The van der Waals surface area contributed by atoms with E-state index in [-0.39, 0.29) is 12.6 Å². The molecule has 0 unspecified atom stereocenters. The number of rotatable bonds is 8. The molecule has 1 N–H and O–H groups in total. The van der Waals surface area contributed by atoms with Crippen LogP contribution < -0.4 is 4.90 Å². The second kappa shape index (κ2) is 8.82. The van der Waals surface area contributed by atoms with Gasteiger partial charge in [-0.3, -0.25) is 4.79 Å². The van der Waals surface area contributed by atoms with E-state index in [1.807, 2.05) is 24.3 Å². The molecular weight excluding hydrogens is 262 g/mol. The highest BCUT2D eigenvalue weighted by atomic mass is 32.2. The average molecular weight is 283 g/mol. The summed E-state index contributed by atoms with van der Waals surface area (Å²) in [6.07, 6.45) is 0.425. The van der Waals surface area contributed by atoms with Crippen LogP contribution in [0.2, 0.25) is 0 Å². The molecule has 0 bridgehead atoms. The van der Waals surface area contributed by atoms with E-state index in [9.17, 15) is 4.79 Å². The minimum Gasteiger partial charge on any atom is -0.469 e. The zero-order valence-electron chi connectivity index (χ0n) is 11.5. The first kappa shape index (κ1) is 15.9. The molecule has 0 heterocycles. The lowest BCUT2D eigenvalue weighted by molar-refractivity contribution is -0.140. The van der Waals surface area contributed by atoms with Crippen LogP contribution in [-0.2, 0) is 9.53 Å². The summed E-state index contributed by atoms with van der Waals surface area (Å²) in [7, 11) is 1.41. The van der Waals surface area contributed by atoms with Crippen LogP contribution in [0.3, 0.4) is 0 Å². The van der Waals surface area contributed by atoms with Gasteiger partial charge in [-0.05, 0) is 31.2 Å². The molecule has 0 spiro atoms. The zero-order chi connectivity index (χ0) is 14.1. The van der Waals surface area contributed by atoms with Gasteiger partial charge in [-0.1, -0.05) is 0 Å². The number of likely N-dealkylation sites (N-methyl/N-ethyl adjacent to an activating group) is 1. The standard InChI is InChI=1S/C14H21NO3S/c1-3-15(9-10-16)12-4-6-13(7-5-12)19-11-8-14(17)18-2/h4-7,16H,3,8-11H2,1-2H3. The van der Waals surface area contributed by atoms with Gasteiger partial charge >= 0.3 is 5.97 Å². The molecule has 0 atom stereocenters. The molecule has 1 aromatic rings. The fourth-order valence-corrected chi connectivity index (χ4v) is 2.53. The number of esters is 1. The van der Waals surface area contributed by atoms with Crippen LogP contribution in [0.5, 0.6) is 0 Å². The van der Waals surface area contributed by atoms with Crippen LogP contribution in [0.15, 0.2) is 29.2 Å². The molecule has 5 heteroatoms. The number of nitrogens with zero attached hydrogens (tertiary/aromatic N) is 1. The third kappa shape index (κ3) is 5.53. The van der Waals surface area contributed by atoms with Crippen molar-refractivity contribution in [3.63, 3.8) is 0 Å². The first-order valence-electron chi connectivity index (χ1n) is 6.36. The topological polar surface area (TPSA) is 49.8 Å². The van der Waals surface area contributed by atoms with Crippen molar-refractivity contribution < 1.29 is 14.6 Å². The van der Waals surface area contributed by atoms with E-state index >= 15 is 0 Å². The first-order valence-corrected chi connectivity index (χ1v) is 7.35. The Labute approximate surface area is 118 Å². The average Bonchev–Trinajstić information content (AvgIpc) is 2.45. The van der Waals surface area contributed by atoms with Crippen LogP contribution in [0.25, 0.3) is 0 Å². The molecule has 0 aromatic heterocycles. The van der Waals surface area contributed by atoms with Gasteiger partial charge < -0.3 is 14.7 Å². The second-order valence-electron chi connectivity index (χ2n) is 3.97. The third-order valence-corrected chi connectivity index (χ3v) is 3.77. The molecule has 0 saturated carbocycles. The SMILES string of the molecule is CCN(CCO)c1ccc(SCCC(=O)OC)cc1. The monoisotopic (exact) mass is 283 g/mol. The maximum absolute atomic E-state index is 11.0. The highest BCUT2D eigenvalue weighted by Crippen LogP contribution is 2.22. The van der Waals surface area contributed by atoms with Crippen molar-refractivity contribution in [1.29, 1.82) is 0 Å². The molecule has 0 amide bonds. The predicted octanol–water partition coefficient (Wildman–Crippen LogP) is 2.16. The van der Waals surface area contributed by atoms with Crippen molar-refractivity contribution in [3.8, 4) is 0 Å². The molecule has 1 rings (SSSR count). The summed E-state index contributed by atoms with van der Waals surface area (Å²) >= 11 is 1.64. The molecule has 4 nitrogen and oxygen atoms in total. The Kier molecular flexibility index (Phi) is 7.36. The number of benzene rings is 1. The summed E-state index contributed by atoms with van der Waals surface area (Å²) in [5, 5.41) is 8.99. The van der Waals surface area contributed by atoms with Gasteiger partial charge in [0.2, 0.25) is 0 Å². The molecule has 0 aliphatic carbocycles. The van der Waals surface area contributed by atoms with Gasteiger partial charge in [-0.25, -0.2) is 0 Å². The number of hydrogen-bond acceptors (Lipinski definition) is 5. The van der Waals surface area contributed by atoms with E-state index in [0.717, 1.165) is 22.9 Å². The number of carbonyl (C=O) groups excluding carboxylic acids is 1. The molecule has 0 fully saturated rings. The third-order valence-electron chi connectivity index (χ3n) is 2.76. The molecular formula is C14H21NO3S. The maximum Gasteiger partial charge on any atom is 0.306 e. The molecule has 0 aliphatic rings. The van der Waals surface area contributed by atoms with Crippen LogP contribution in [0, 0.1) is 0 Å². The van der Waals surface area contributed by atoms with Crippen LogP contribution in [-0.4, -0.2) is 43.6 Å². The molecule has 1 aromatic carbocycles. The van der Waals surface area contributed by atoms with Gasteiger partial charge in [-0.15, -0.1) is 11.8 Å². The quantitative estimate of drug-likeness (QED) is 0.585. The van der Waals surface area contributed by atoms with Crippen LogP contribution in [0.1, 0.15) is 13.3 Å². The molecule has 19 heavy (non-hydrogen) atoms. The van der Waals surface area contributed by atoms with E-state index in [1.165, 1.54) is 7.11 Å². The number of anilines is 1. The minimum atomic E-state index is -0.177. The number of thioether (sulfide) groups is 1. The highest BCUT2D eigenvalue weighted by molar-refractivity contribution is 7.99. The maximum atomic E-state index is 11.0. The van der Waals surface area contributed by atoms with E-state index < -0.39 is 0 Å². The Hall–Kier alpha value is -1.20. The van der Waals surface area contributed by atoms with Crippen molar-refractivity contribution >= 4 is 23.4 Å². The number of ether oxygens (including phenoxy) is 1. The Morgan fingerprint density at radius 1 is 1.37 bits per heavy atom. The predicted molar refractivity (Wildman–Crippen MR) is 78.8 cm³/mol. The van der Waals surface area contributed by atoms with Gasteiger partial charge in [0.15, 0.2) is 0 Å². The summed E-state index contributed by atoms with van der Waals surface area (Å²) in [5.74, 6) is 0.546. The first-order chi connectivity index (χ1) is 9.21. The fourth-order valence-electron chi connectivity index (χ4n) is 1.70.